The van der Waals surface area contributed by atoms with Crippen LogP contribution in [0, 0.1) is 5.82 Å². The van der Waals surface area contributed by atoms with E-state index in [1.54, 1.807) is 42.9 Å². The second kappa shape index (κ2) is 6.81. The highest BCUT2D eigenvalue weighted by molar-refractivity contribution is 5.95. The summed E-state index contributed by atoms with van der Waals surface area (Å²) in [5, 5.41) is 7.43. The number of hydrogen-bond donors (Lipinski definition) is 2. The van der Waals surface area contributed by atoms with Crippen molar-refractivity contribution < 1.29 is 4.39 Å². The first-order valence-electron chi connectivity index (χ1n) is 9.63. The molecule has 0 saturated heterocycles. The standard InChI is InChI=1S/C23H14FN7/c24-15-4-2-1-3-14(15)19-20-17(9-12-26-19)28-23(29-20)22-21-18(30-31-22)6-5-16(27-21)13-7-10-25-11-8-13/h1-12H,(H,28,29)(H,30,31). The Bertz CT molecular complexity index is 1550. The van der Waals surface area contributed by atoms with Crippen molar-refractivity contribution >= 4 is 22.1 Å². The molecule has 2 N–H and O–H groups in total. The van der Waals surface area contributed by atoms with E-state index in [2.05, 4.69) is 25.1 Å². The van der Waals surface area contributed by atoms with Crippen LogP contribution in [0.5, 0.6) is 0 Å². The average molecular weight is 407 g/mol. The SMILES string of the molecule is Fc1ccccc1-c1nccc2[nH]c(-c3n[nH]c4ccc(-c5ccncc5)nc34)nc12. The lowest BCUT2D eigenvalue weighted by molar-refractivity contribution is 0.631. The van der Waals surface area contributed by atoms with Crippen molar-refractivity contribution in [2.75, 3.05) is 0 Å². The number of benzene rings is 1. The van der Waals surface area contributed by atoms with Crippen molar-refractivity contribution in [1.82, 2.24) is 35.1 Å². The number of H-pyrrole nitrogens is 2. The van der Waals surface area contributed by atoms with E-state index in [0.717, 1.165) is 22.3 Å². The molecule has 0 unspecified atom stereocenters. The Morgan fingerprint density at radius 3 is 2.45 bits per heavy atom. The molecule has 7 nitrogen and oxygen atoms in total. The van der Waals surface area contributed by atoms with Crippen molar-refractivity contribution in [1.29, 1.82) is 0 Å². The quantitative estimate of drug-likeness (QED) is 0.441. The van der Waals surface area contributed by atoms with E-state index in [1.807, 2.05) is 24.3 Å². The molecule has 0 spiro atoms. The fraction of sp³-hybridized carbons (Fsp3) is 0. The summed E-state index contributed by atoms with van der Waals surface area (Å²) < 4.78 is 14.4. The van der Waals surface area contributed by atoms with Crippen molar-refractivity contribution in [3.05, 3.63) is 79.0 Å². The molecule has 0 saturated carbocycles. The predicted molar refractivity (Wildman–Crippen MR) is 115 cm³/mol. The third-order valence-corrected chi connectivity index (χ3v) is 5.14. The number of rotatable bonds is 3. The molecule has 0 aliphatic rings. The van der Waals surface area contributed by atoms with Crippen molar-refractivity contribution in [3.63, 3.8) is 0 Å². The fourth-order valence-electron chi connectivity index (χ4n) is 3.65. The van der Waals surface area contributed by atoms with Crippen LogP contribution in [0.2, 0.25) is 0 Å². The van der Waals surface area contributed by atoms with Gasteiger partial charge in [-0.1, -0.05) is 12.1 Å². The second-order valence-corrected chi connectivity index (χ2v) is 7.02. The molecule has 6 rings (SSSR count). The van der Waals surface area contributed by atoms with E-state index in [4.69, 9.17) is 9.97 Å². The molecule has 148 valence electrons. The molecule has 8 heteroatoms. The van der Waals surface area contributed by atoms with Crippen molar-refractivity contribution in [2.45, 2.75) is 0 Å². The molecule has 0 aliphatic carbocycles. The molecule has 31 heavy (non-hydrogen) atoms. The lowest BCUT2D eigenvalue weighted by atomic mass is 10.1. The number of aromatic amines is 2. The molecule has 0 aliphatic heterocycles. The topological polar surface area (TPSA) is 96.0 Å². The Hall–Kier alpha value is -4.46. The third kappa shape index (κ3) is 2.84. The van der Waals surface area contributed by atoms with Gasteiger partial charge in [0.2, 0.25) is 0 Å². The monoisotopic (exact) mass is 407 g/mol. The van der Waals surface area contributed by atoms with Gasteiger partial charge < -0.3 is 4.98 Å². The molecular weight excluding hydrogens is 393 g/mol. The van der Waals surface area contributed by atoms with Crippen molar-refractivity contribution in [2.24, 2.45) is 0 Å². The fourth-order valence-corrected chi connectivity index (χ4v) is 3.65. The molecule has 1 aromatic carbocycles. The Morgan fingerprint density at radius 2 is 1.58 bits per heavy atom. The summed E-state index contributed by atoms with van der Waals surface area (Å²) in [6.45, 7) is 0. The molecule has 0 amide bonds. The van der Waals surface area contributed by atoms with E-state index in [9.17, 15) is 4.39 Å². The summed E-state index contributed by atoms with van der Waals surface area (Å²) in [6, 6.07) is 16.0. The van der Waals surface area contributed by atoms with Gasteiger partial charge in [-0.15, -0.1) is 0 Å². The maximum absolute atomic E-state index is 14.4. The molecule has 0 radical (unpaired) electrons. The predicted octanol–water partition coefficient (Wildman–Crippen LogP) is 4.76. The summed E-state index contributed by atoms with van der Waals surface area (Å²) >= 11 is 0. The molecule has 5 aromatic heterocycles. The summed E-state index contributed by atoms with van der Waals surface area (Å²) in [5.41, 5.74) is 6.02. The molecular formula is C23H14FN7. The van der Waals surface area contributed by atoms with Gasteiger partial charge in [-0.25, -0.2) is 14.4 Å². The maximum Gasteiger partial charge on any atom is 0.161 e. The Balaban J connectivity index is 1.53. The van der Waals surface area contributed by atoms with E-state index < -0.39 is 0 Å². The first kappa shape index (κ1) is 17.4. The van der Waals surface area contributed by atoms with Gasteiger partial charge in [-0.2, -0.15) is 5.10 Å². The normalized spacial score (nSPS) is 11.4. The van der Waals surface area contributed by atoms with Crippen LogP contribution in [0.4, 0.5) is 4.39 Å². The van der Waals surface area contributed by atoms with Crippen molar-refractivity contribution in [3.8, 4) is 34.0 Å². The van der Waals surface area contributed by atoms with Crippen LogP contribution in [0.3, 0.4) is 0 Å². The van der Waals surface area contributed by atoms with E-state index in [1.165, 1.54) is 6.07 Å². The minimum absolute atomic E-state index is 0.346. The number of imidazole rings is 1. The zero-order valence-electron chi connectivity index (χ0n) is 16.0. The Morgan fingerprint density at radius 1 is 0.742 bits per heavy atom. The number of nitrogens with zero attached hydrogens (tertiary/aromatic N) is 5. The second-order valence-electron chi connectivity index (χ2n) is 7.02. The van der Waals surface area contributed by atoms with Crippen LogP contribution in [0.15, 0.2) is 73.2 Å². The summed E-state index contributed by atoms with van der Waals surface area (Å²) in [4.78, 5) is 21.2. The van der Waals surface area contributed by atoms with E-state index >= 15 is 0 Å². The molecule has 6 aromatic rings. The van der Waals surface area contributed by atoms with Crippen LogP contribution in [-0.4, -0.2) is 35.1 Å². The first-order chi connectivity index (χ1) is 15.3. The van der Waals surface area contributed by atoms with Crippen LogP contribution in [0.25, 0.3) is 56.1 Å². The van der Waals surface area contributed by atoms with Gasteiger partial charge in [0.1, 0.15) is 22.5 Å². The number of nitrogens with one attached hydrogen (secondary N) is 2. The number of hydrogen-bond acceptors (Lipinski definition) is 5. The minimum atomic E-state index is -0.346. The van der Waals surface area contributed by atoms with Crippen LogP contribution in [-0.2, 0) is 0 Å². The Kier molecular flexibility index (Phi) is 3.82. The zero-order chi connectivity index (χ0) is 20.8. The van der Waals surface area contributed by atoms with Gasteiger partial charge in [-0.3, -0.25) is 15.1 Å². The van der Waals surface area contributed by atoms with E-state index in [0.29, 0.717) is 33.8 Å². The van der Waals surface area contributed by atoms with Crippen LogP contribution in [0.1, 0.15) is 0 Å². The highest BCUT2D eigenvalue weighted by Crippen LogP contribution is 2.31. The first-order valence-corrected chi connectivity index (χ1v) is 9.63. The van der Waals surface area contributed by atoms with Gasteiger partial charge in [0.15, 0.2) is 11.5 Å². The highest BCUT2D eigenvalue weighted by Gasteiger charge is 2.18. The number of fused-ring (bicyclic) bond motifs is 2. The molecule has 5 heterocycles. The average Bonchev–Trinajstić information content (AvgIpc) is 3.43. The van der Waals surface area contributed by atoms with Gasteiger partial charge in [0.25, 0.3) is 0 Å². The third-order valence-electron chi connectivity index (χ3n) is 5.14. The number of aromatic nitrogens is 7. The smallest absolute Gasteiger partial charge is 0.161 e. The Labute approximate surface area is 175 Å². The van der Waals surface area contributed by atoms with Gasteiger partial charge in [0.05, 0.1) is 16.7 Å². The lowest BCUT2D eigenvalue weighted by Gasteiger charge is -2.02. The van der Waals surface area contributed by atoms with Crippen LogP contribution >= 0.6 is 0 Å². The molecule has 0 fully saturated rings. The largest absolute Gasteiger partial charge is 0.336 e. The maximum atomic E-state index is 14.4. The van der Waals surface area contributed by atoms with Gasteiger partial charge >= 0.3 is 0 Å². The number of pyridine rings is 3. The van der Waals surface area contributed by atoms with Gasteiger partial charge in [0, 0.05) is 29.7 Å². The molecule has 0 atom stereocenters. The van der Waals surface area contributed by atoms with Crippen LogP contribution < -0.4 is 0 Å². The van der Waals surface area contributed by atoms with E-state index in [-0.39, 0.29) is 5.82 Å². The zero-order valence-corrected chi connectivity index (χ0v) is 16.0. The lowest BCUT2D eigenvalue weighted by Crippen LogP contribution is -1.89. The van der Waals surface area contributed by atoms with Gasteiger partial charge in [-0.05, 0) is 42.5 Å². The summed E-state index contributed by atoms with van der Waals surface area (Å²) in [5.74, 6) is 0.187. The summed E-state index contributed by atoms with van der Waals surface area (Å²) in [7, 11) is 0. The molecule has 0 bridgehead atoms. The minimum Gasteiger partial charge on any atom is -0.336 e. The summed E-state index contributed by atoms with van der Waals surface area (Å²) in [6.07, 6.45) is 5.09. The highest BCUT2D eigenvalue weighted by atomic mass is 19.1. The number of halogens is 1.